The normalized spacial score (nSPS) is 21.0. The molecule has 17 heavy (non-hydrogen) atoms. The Labute approximate surface area is 107 Å². The van der Waals surface area contributed by atoms with Gasteiger partial charge in [-0.2, -0.15) is 0 Å². The van der Waals surface area contributed by atoms with Gasteiger partial charge < -0.3 is 15.3 Å². The summed E-state index contributed by atoms with van der Waals surface area (Å²) in [7, 11) is 0. The molecule has 3 nitrogen and oxygen atoms in total. The van der Waals surface area contributed by atoms with Gasteiger partial charge in [-0.3, -0.25) is 0 Å². The lowest BCUT2D eigenvalue weighted by atomic mass is 9.92. The summed E-state index contributed by atoms with van der Waals surface area (Å²) in [6, 6.07) is 0.458. The average molecular weight is 242 g/mol. The van der Waals surface area contributed by atoms with Crippen LogP contribution in [-0.4, -0.2) is 48.3 Å². The van der Waals surface area contributed by atoms with Gasteiger partial charge in [-0.25, -0.2) is 0 Å². The van der Waals surface area contributed by atoms with Gasteiger partial charge in [0.05, 0.1) is 6.10 Å². The van der Waals surface area contributed by atoms with Gasteiger partial charge in [0.25, 0.3) is 0 Å². The summed E-state index contributed by atoms with van der Waals surface area (Å²) in [6.07, 6.45) is 5.10. The van der Waals surface area contributed by atoms with Crippen LogP contribution in [0.4, 0.5) is 0 Å². The van der Waals surface area contributed by atoms with Crippen molar-refractivity contribution in [1.82, 2.24) is 10.2 Å². The number of hydrogen-bond acceptors (Lipinski definition) is 3. The van der Waals surface area contributed by atoms with E-state index < -0.39 is 0 Å². The van der Waals surface area contributed by atoms with Crippen molar-refractivity contribution in [3.63, 3.8) is 0 Å². The van der Waals surface area contributed by atoms with Crippen LogP contribution < -0.4 is 5.32 Å². The molecule has 1 rings (SSSR count). The predicted molar refractivity (Wildman–Crippen MR) is 73.2 cm³/mol. The van der Waals surface area contributed by atoms with E-state index in [2.05, 4.69) is 31.0 Å². The Bertz CT molecular complexity index is 189. The highest BCUT2D eigenvalue weighted by atomic mass is 16.3. The van der Waals surface area contributed by atoms with Crippen molar-refractivity contribution in [3.05, 3.63) is 0 Å². The van der Waals surface area contributed by atoms with Crippen molar-refractivity contribution >= 4 is 0 Å². The molecule has 0 bridgehead atoms. The number of aliphatic hydroxyl groups excluding tert-OH is 1. The highest BCUT2D eigenvalue weighted by molar-refractivity contribution is 4.75. The Hall–Kier alpha value is -0.120. The van der Waals surface area contributed by atoms with Crippen LogP contribution in [0.2, 0.25) is 0 Å². The van der Waals surface area contributed by atoms with Gasteiger partial charge in [0.1, 0.15) is 0 Å². The molecule has 3 heteroatoms. The number of aliphatic hydroxyl groups is 1. The molecule has 0 aromatic rings. The number of β-amino-alcohol motifs (C(OH)–C–C–N with tert-alkyl or cyclic N) is 1. The maximum absolute atomic E-state index is 9.92. The lowest BCUT2D eigenvalue weighted by Crippen LogP contribution is -2.43. The van der Waals surface area contributed by atoms with Crippen LogP contribution in [0, 0.1) is 5.92 Å². The van der Waals surface area contributed by atoms with Gasteiger partial charge in [0, 0.05) is 19.1 Å². The van der Waals surface area contributed by atoms with E-state index in [0.717, 1.165) is 12.5 Å². The summed E-state index contributed by atoms with van der Waals surface area (Å²) in [5.74, 6) is 0.933. The summed E-state index contributed by atoms with van der Waals surface area (Å²) in [4.78, 5) is 2.42. The minimum Gasteiger partial charge on any atom is -0.390 e. The molecule has 0 spiro atoms. The zero-order valence-electron chi connectivity index (χ0n) is 11.8. The van der Waals surface area contributed by atoms with Crippen LogP contribution in [0.3, 0.4) is 0 Å². The van der Waals surface area contributed by atoms with Crippen molar-refractivity contribution < 1.29 is 5.11 Å². The molecule has 102 valence electrons. The van der Waals surface area contributed by atoms with E-state index in [1.54, 1.807) is 0 Å². The molecule has 1 aliphatic rings. The van der Waals surface area contributed by atoms with Crippen LogP contribution in [0.1, 0.15) is 46.5 Å². The average Bonchev–Trinajstić information content (AvgIpc) is 2.29. The summed E-state index contributed by atoms with van der Waals surface area (Å²) < 4.78 is 0. The third kappa shape index (κ3) is 6.39. The first-order valence-electron chi connectivity index (χ1n) is 7.25. The van der Waals surface area contributed by atoms with Gasteiger partial charge in [0.15, 0.2) is 0 Å². The molecule has 0 radical (unpaired) electrons. The zero-order valence-corrected chi connectivity index (χ0v) is 11.8. The Morgan fingerprint density at radius 1 is 1.29 bits per heavy atom. The van der Waals surface area contributed by atoms with Gasteiger partial charge in [0.2, 0.25) is 0 Å². The highest BCUT2D eigenvalue weighted by Crippen LogP contribution is 2.21. The molecule has 0 aliphatic carbocycles. The van der Waals surface area contributed by atoms with E-state index in [1.807, 2.05) is 0 Å². The maximum Gasteiger partial charge on any atom is 0.0791 e. The number of nitrogens with one attached hydrogen (secondary N) is 1. The Morgan fingerprint density at radius 2 is 1.94 bits per heavy atom. The smallest absolute Gasteiger partial charge is 0.0791 e. The predicted octanol–water partition coefficient (Wildman–Crippen LogP) is 1.86. The molecule has 0 aromatic heterocycles. The first-order chi connectivity index (χ1) is 8.11. The lowest BCUT2D eigenvalue weighted by molar-refractivity contribution is 0.0861. The van der Waals surface area contributed by atoms with E-state index in [-0.39, 0.29) is 6.10 Å². The Balaban J connectivity index is 2.12. The van der Waals surface area contributed by atoms with Crippen LogP contribution in [0.25, 0.3) is 0 Å². The minimum absolute atomic E-state index is 0.222. The molecular formula is C14H30N2O. The number of hydrogen-bond donors (Lipinski definition) is 2. The number of piperidine rings is 1. The van der Waals surface area contributed by atoms with Crippen LogP contribution >= 0.6 is 0 Å². The molecule has 1 saturated heterocycles. The molecular weight excluding hydrogens is 212 g/mol. The second-order valence-electron chi connectivity index (χ2n) is 5.75. The molecule has 0 saturated carbocycles. The molecule has 2 N–H and O–H groups in total. The number of likely N-dealkylation sites (tertiary alicyclic amines) is 1. The van der Waals surface area contributed by atoms with Crippen molar-refractivity contribution in [2.45, 2.75) is 58.6 Å². The van der Waals surface area contributed by atoms with E-state index in [9.17, 15) is 5.11 Å². The first kappa shape index (κ1) is 14.9. The third-order valence-corrected chi connectivity index (χ3v) is 3.63. The standard InChI is InChI=1S/C14H30N2O/c1-4-5-13-6-8-16(9-7-13)11-14(17)10-15-12(2)3/h12-15,17H,4-11H2,1-3H3. The molecule has 1 fully saturated rings. The van der Waals surface area contributed by atoms with Gasteiger partial charge in [-0.15, -0.1) is 0 Å². The fraction of sp³-hybridized carbons (Fsp3) is 1.00. The highest BCUT2D eigenvalue weighted by Gasteiger charge is 2.20. The molecule has 0 amide bonds. The Kier molecular flexibility index (Phi) is 7.09. The summed E-state index contributed by atoms with van der Waals surface area (Å²) in [5.41, 5.74) is 0. The van der Waals surface area contributed by atoms with Crippen molar-refractivity contribution in [3.8, 4) is 0 Å². The molecule has 1 atom stereocenters. The zero-order chi connectivity index (χ0) is 12.7. The third-order valence-electron chi connectivity index (χ3n) is 3.63. The minimum atomic E-state index is -0.222. The SMILES string of the molecule is CCCC1CCN(CC(O)CNC(C)C)CC1. The largest absolute Gasteiger partial charge is 0.390 e. The molecule has 1 aliphatic heterocycles. The second kappa shape index (κ2) is 8.06. The summed E-state index contributed by atoms with van der Waals surface area (Å²) in [6.45, 7) is 10.4. The number of nitrogens with zero attached hydrogens (tertiary/aromatic N) is 1. The topological polar surface area (TPSA) is 35.5 Å². The van der Waals surface area contributed by atoms with E-state index in [1.165, 1.54) is 38.8 Å². The Morgan fingerprint density at radius 3 is 2.47 bits per heavy atom. The van der Waals surface area contributed by atoms with Gasteiger partial charge >= 0.3 is 0 Å². The molecule has 1 unspecified atom stereocenters. The summed E-state index contributed by atoms with van der Waals surface area (Å²) in [5, 5.41) is 13.2. The quantitative estimate of drug-likeness (QED) is 0.715. The van der Waals surface area contributed by atoms with Crippen molar-refractivity contribution in [2.24, 2.45) is 5.92 Å². The fourth-order valence-corrected chi connectivity index (χ4v) is 2.60. The van der Waals surface area contributed by atoms with Gasteiger partial charge in [-0.05, 0) is 31.8 Å². The fourth-order valence-electron chi connectivity index (χ4n) is 2.60. The van der Waals surface area contributed by atoms with E-state index in [4.69, 9.17) is 0 Å². The number of rotatable bonds is 7. The first-order valence-corrected chi connectivity index (χ1v) is 7.25. The van der Waals surface area contributed by atoms with Crippen LogP contribution in [0.5, 0.6) is 0 Å². The monoisotopic (exact) mass is 242 g/mol. The molecule has 0 aromatic carbocycles. The van der Waals surface area contributed by atoms with Crippen LogP contribution in [0.15, 0.2) is 0 Å². The second-order valence-corrected chi connectivity index (χ2v) is 5.75. The van der Waals surface area contributed by atoms with Crippen molar-refractivity contribution in [1.29, 1.82) is 0 Å². The van der Waals surface area contributed by atoms with E-state index in [0.29, 0.717) is 12.6 Å². The van der Waals surface area contributed by atoms with Crippen molar-refractivity contribution in [2.75, 3.05) is 26.2 Å². The molecule has 1 heterocycles. The van der Waals surface area contributed by atoms with E-state index >= 15 is 0 Å². The van der Waals surface area contributed by atoms with Gasteiger partial charge in [-0.1, -0.05) is 33.6 Å². The maximum atomic E-state index is 9.92. The van der Waals surface area contributed by atoms with Crippen LogP contribution in [-0.2, 0) is 0 Å². The lowest BCUT2D eigenvalue weighted by Gasteiger charge is -2.33. The summed E-state index contributed by atoms with van der Waals surface area (Å²) >= 11 is 0.